The molecule has 38 heavy (non-hydrogen) atoms. The number of anilines is 2. The Morgan fingerprint density at radius 3 is 2.53 bits per heavy atom. The Hall–Kier alpha value is -4.00. The van der Waals surface area contributed by atoms with E-state index in [0.717, 1.165) is 6.07 Å². The van der Waals surface area contributed by atoms with E-state index < -0.39 is 11.6 Å². The van der Waals surface area contributed by atoms with Gasteiger partial charge in [0.1, 0.15) is 5.52 Å². The quantitative estimate of drug-likeness (QED) is 0.263. The lowest BCUT2D eigenvalue weighted by atomic mass is 10.0. The summed E-state index contributed by atoms with van der Waals surface area (Å²) in [6.07, 6.45) is 2.11. The van der Waals surface area contributed by atoms with Crippen molar-refractivity contribution in [1.82, 2.24) is 15.0 Å². The third-order valence-electron chi connectivity index (χ3n) is 6.69. The van der Waals surface area contributed by atoms with E-state index in [1.165, 1.54) is 20.3 Å². The van der Waals surface area contributed by atoms with Crippen LogP contribution in [0.3, 0.4) is 0 Å². The molecule has 4 heterocycles. The lowest BCUT2D eigenvalue weighted by Gasteiger charge is -2.39. The molecule has 0 saturated carbocycles. The predicted octanol–water partition coefficient (Wildman–Crippen LogP) is 3.70. The summed E-state index contributed by atoms with van der Waals surface area (Å²) < 4.78 is 51.8. The number of nitrogens with one attached hydrogen (secondary N) is 1. The van der Waals surface area contributed by atoms with Crippen molar-refractivity contribution in [3.05, 3.63) is 40.4 Å². The van der Waals surface area contributed by atoms with E-state index in [2.05, 4.69) is 30.3 Å². The van der Waals surface area contributed by atoms with Crippen LogP contribution < -0.4 is 19.7 Å². The third kappa shape index (κ3) is 4.69. The summed E-state index contributed by atoms with van der Waals surface area (Å²) >= 11 is 0. The van der Waals surface area contributed by atoms with Crippen LogP contribution in [-0.2, 0) is 9.47 Å². The lowest BCUT2D eigenvalue weighted by molar-refractivity contribution is 0.0766. The van der Waals surface area contributed by atoms with Crippen LogP contribution in [0.1, 0.15) is 6.42 Å². The van der Waals surface area contributed by atoms with Crippen LogP contribution in [0.25, 0.3) is 32.6 Å². The van der Waals surface area contributed by atoms with E-state index in [1.54, 1.807) is 13.3 Å². The van der Waals surface area contributed by atoms with Gasteiger partial charge in [0.2, 0.25) is 5.95 Å². The van der Waals surface area contributed by atoms with E-state index in [9.17, 15) is 0 Å². The highest BCUT2D eigenvalue weighted by atomic mass is 19.1. The monoisotopic (exact) mass is 528 g/mol. The molecule has 0 bridgehead atoms. The van der Waals surface area contributed by atoms with Gasteiger partial charge in [0.25, 0.3) is 0 Å². The number of hydrogen-bond donors (Lipinski definition) is 1. The largest absolute Gasteiger partial charge is 0.494 e. The van der Waals surface area contributed by atoms with Crippen molar-refractivity contribution >= 4 is 22.7 Å². The first-order valence-electron chi connectivity index (χ1n) is 11.9. The number of ether oxygens (including phenoxy) is 4. The van der Waals surface area contributed by atoms with Crippen molar-refractivity contribution in [2.45, 2.75) is 24.6 Å². The molecule has 2 aliphatic heterocycles. The van der Waals surface area contributed by atoms with Crippen LogP contribution in [0.15, 0.2) is 23.4 Å². The summed E-state index contributed by atoms with van der Waals surface area (Å²) in [5.74, 6) is -1.45. The van der Waals surface area contributed by atoms with Crippen LogP contribution in [-0.4, -0.2) is 80.8 Å². The Morgan fingerprint density at radius 2 is 1.87 bits per heavy atom. The molecule has 2 saturated heterocycles. The number of rotatable bonds is 8. The van der Waals surface area contributed by atoms with Crippen LogP contribution in [0.5, 0.6) is 11.5 Å². The van der Waals surface area contributed by atoms with Gasteiger partial charge in [-0.3, -0.25) is 0 Å². The number of aromatic nitrogens is 3. The Balaban J connectivity index is 1.61. The van der Waals surface area contributed by atoms with Crippen molar-refractivity contribution in [3.63, 3.8) is 0 Å². The fourth-order valence-corrected chi connectivity index (χ4v) is 4.55. The standard InChI is InChI=1S/C24H26F2N8O4/c1-35-13-9-34(10-13)23-22-12(8-28-24(31-22)30-16-11-38-5-4-14(16)32-33-27)6-15(29-23)19-20(25)17(36-2)7-18(37-3)21(19)26/h6-8,13-14,16H,4-5,9-11H2,1-3H3,(H,28,30,31)/t14?,16-/m1/s1. The molecule has 5 rings (SSSR count). The summed E-state index contributed by atoms with van der Waals surface area (Å²) in [5, 5.41) is 7.56. The Labute approximate surface area is 216 Å². The van der Waals surface area contributed by atoms with Crippen LogP contribution in [0.4, 0.5) is 20.5 Å². The Kier molecular flexibility index (Phi) is 7.27. The number of hydrogen-bond acceptors (Lipinski definition) is 10. The van der Waals surface area contributed by atoms with Crippen molar-refractivity contribution in [1.29, 1.82) is 0 Å². The van der Waals surface area contributed by atoms with E-state index in [1.807, 2.05) is 4.90 Å². The molecule has 2 aromatic heterocycles. The van der Waals surface area contributed by atoms with Gasteiger partial charge < -0.3 is 29.2 Å². The maximum Gasteiger partial charge on any atom is 0.223 e. The van der Waals surface area contributed by atoms with Gasteiger partial charge in [0.15, 0.2) is 29.0 Å². The molecule has 3 aromatic rings. The van der Waals surface area contributed by atoms with Gasteiger partial charge in [-0.1, -0.05) is 5.11 Å². The van der Waals surface area contributed by atoms with Crippen molar-refractivity contribution in [2.75, 3.05) is 57.8 Å². The molecule has 2 aliphatic rings. The van der Waals surface area contributed by atoms with Crippen LogP contribution >= 0.6 is 0 Å². The Bertz CT molecular complexity index is 1370. The highest BCUT2D eigenvalue weighted by Crippen LogP contribution is 2.39. The van der Waals surface area contributed by atoms with E-state index in [4.69, 9.17) is 24.5 Å². The molecule has 1 unspecified atom stereocenters. The van der Waals surface area contributed by atoms with E-state index in [-0.39, 0.29) is 46.9 Å². The number of halogens is 2. The minimum Gasteiger partial charge on any atom is -0.494 e. The second-order valence-electron chi connectivity index (χ2n) is 8.90. The SMILES string of the molecule is COc1cc(OC)c(F)c(-c2cc3cnc(N[C@@H]4COCCC4N=[N+]=[N-])nc3c(N3CC(OC)C3)n2)c1F. The van der Waals surface area contributed by atoms with E-state index in [0.29, 0.717) is 49.4 Å². The number of nitrogens with zero attached hydrogens (tertiary/aromatic N) is 7. The molecule has 200 valence electrons. The van der Waals surface area contributed by atoms with Gasteiger partial charge in [0, 0.05) is 49.4 Å². The van der Waals surface area contributed by atoms with Gasteiger partial charge >= 0.3 is 0 Å². The topological polar surface area (TPSA) is 140 Å². The van der Waals surface area contributed by atoms with Crippen molar-refractivity contribution < 1.29 is 27.7 Å². The summed E-state index contributed by atoms with van der Waals surface area (Å²) in [4.78, 5) is 18.5. The molecule has 2 fully saturated rings. The molecule has 2 atom stereocenters. The fourth-order valence-electron chi connectivity index (χ4n) is 4.55. The molecule has 0 aliphatic carbocycles. The van der Waals surface area contributed by atoms with Gasteiger partial charge in [0.05, 0.1) is 50.3 Å². The normalized spacial score (nSPS) is 19.6. The second-order valence-corrected chi connectivity index (χ2v) is 8.90. The zero-order valence-electron chi connectivity index (χ0n) is 21.0. The third-order valence-corrected chi connectivity index (χ3v) is 6.69. The highest BCUT2D eigenvalue weighted by molar-refractivity contribution is 5.92. The lowest BCUT2D eigenvalue weighted by Crippen LogP contribution is -2.52. The van der Waals surface area contributed by atoms with Crippen molar-refractivity contribution in [2.24, 2.45) is 5.11 Å². The highest BCUT2D eigenvalue weighted by Gasteiger charge is 2.32. The summed E-state index contributed by atoms with van der Waals surface area (Å²) in [6.45, 7) is 1.87. The van der Waals surface area contributed by atoms with Crippen molar-refractivity contribution in [3.8, 4) is 22.8 Å². The van der Waals surface area contributed by atoms with Gasteiger partial charge in [-0.2, -0.15) is 0 Å². The maximum atomic E-state index is 15.3. The molecular formula is C24H26F2N8O4. The van der Waals surface area contributed by atoms with E-state index >= 15 is 8.78 Å². The van der Waals surface area contributed by atoms with Gasteiger partial charge in [-0.15, -0.1) is 0 Å². The first-order chi connectivity index (χ1) is 18.5. The Morgan fingerprint density at radius 1 is 1.13 bits per heavy atom. The van der Waals surface area contributed by atoms with Crippen LogP contribution in [0.2, 0.25) is 0 Å². The fraction of sp³-hybridized carbons (Fsp3) is 0.458. The molecule has 0 amide bonds. The molecule has 1 N–H and O–H groups in total. The smallest absolute Gasteiger partial charge is 0.223 e. The maximum absolute atomic E-state index is 15.3. The minimum atomic E-state index is -0.900. The zero-order valence-corrected chi connectivity index (χ0v) is 21.0. The number of pyridine rings is 1. The number of azide groups is 1. The number of fused-ring (bicyclic) bond motifs is 1. The molecule has 0 radical (unpaired) electrons. The molecule has 1 aromatic carbocycles. The average Bonchev–Trinajstić information content (AvgIpc) is 2.90. The molecule has 0 spiro atoms. The first-order valence-corrected chi connectivity index (χ1v) is 11.9. The number of benzene rings is 1. The average molecular weight is 529 g/mol. The predicted molar refractivity (Wildman–Crippen MR) is 135 cm³/mol. The molecule has 12 nitrogen and oxygen atoms in total. The summed E-state index contributed by atoms with van der Waals surface area (Å²) in [6, 6.07) is 2.03. The summed E-state index contributed by atoms with van der Waals surface area (Å²) in [7, 11) is 4.19. The first kappa shape index (κ1) is 25.6. The van der Waals surface area contributed by atoms with Gasteiger partial charge in [-0.05, 0) is 18.0 Å². The number of methoxy groups -OCH3 is 3. The molecule has 14 heteroatoms. The van der Waals surface area contributed by atoms with Crippen LogP contribution in [0, 0.1) is 11.6 Å². The molecular weight excluding hydrogens is 502 g/mol. The van der Waals surface area contributed by atoms with Gasteiger partial charge in [-0.25, -0.2) is 23.7 Å². The second kappa shape index (κ2) is 10.8. The summed E-state index contributed by atoms with van der Waals surface area (Å²) in [5.41, 5.74) is 9.04. The zero-order chi connectivity index (χ0) is 26.8. The minimum absolute atomic E-state index is 0.00989.